The minimum Gasteiger partial charge on any atom is -0.457 e. The summed E-state index contributed by atoms with van der Waals surface area (Å²) >= 11 is 0. The van der Waals surface area contributed by atoms with Gasteiger partial charge in [0, 0.05) is 12.4 Å². The van der Waals surface area contributed by atoms with E-state index >= 15 is 0 Å². The molecule has 0 bridgehead atoms. The Hall–Kier alpha value is -3.54. The van der Waals surface area contributed by atoms with E-state index in [1.54, 1.807) is 36.7 Å². The third-order valence-electron chi connectivity index (χ3n) is 4.05. The summed E-state index contributed by atoms with van der Waals surface area (Å²) in [5, 5.41) is 0. The molecule has 1 aromatic heterocycles. The molecule has 128 valence electrons. The maximum Gasteiger partial charge on any atom is 0.262 e. The predicted octanol–water partition coefficient (Wildman–Crippen LogP) is 3.81. The van der Waals surface area contributed by atoms with Crippen molar-refractivity contribution in [3.05, 3.63) is 89.5 Å². The van der Waals surface area contributed by atoms with Gasteiger partial charge in [-0.25, -0.2) is 4.39 Å². The number of amides is 2. The van der Waals surface area contributed by atoms with Gasteiger partial charge in [0.25, 0.3) is 11.8 Å². The molecule has 6 heteroatoms. The molecule has 1 aliphatic heterocycles. The second kappa shape index (κ2) is 6.40. The Morgan fingerprint density at radius 2 is 1.65 bits per heavy atom. The predicted molar refractivity (Wildman–Crippen MR) is 91.4 cm³/mol. The first-order valence-corrected chi connectivity index (χ1v) is 7.94. The Labute approximate surface area is 148 Å². The third-order valence-corrected chi connectivity index (χ3v) is 4.05. The average Bonchev–Trinajstić information content (AvgIpc) is 2.89. The van der Waals surface area contributed by atoms with Crippen molar-refractivity contribution in [3.8, 4) is 11.5 Å². The van der Waals surface area contributed by atoms with E-state index in [1.807, 2.05) is 0 Å². The van der Waals surface area contributed by atoms with E-state index < -0.39 is 0 Å². The van der Waals surface area contributed by atoms with Crippen molar-refractivity contribution >= 4 is 11.8 Å². The topological polar surface area (TPSA) is 59.5 Å². The van der Waals surface area contributed by atoms with E-state index in [-0.39, 0.29) is 24.2 Å². The summed E-state index contributed by atoms with van der Waals surface area (Å²) in [5.74, 6) is -0.242. The first-order valence-electron chi connectivity index (χ1n) is 7.94. The van der Waals surface area contributed by atoms with Crippen molar-refractivity contribution in [2.75, 3.05) is 0 Å². The third kappa shape index (κ3) is 2.93. The van der Waals surface area contributed by atoms with E-state index in [0.29, 0.717) is 22.6 Å². The van der Waals surface area contributed by atoms with E-state index in [4.69, 9.17) is 4.74 Å². The maximum atomic E-state index is 13.0. The molecule has 3 aromatic rings. The van der Waals surface area contributed by atoms with Gasteiger partial charge in [0.2, 0.25) is 0 Å². The average molecular weight is 348 g/mol. The van der Waals surface area contributed by atoms with Gasteiger partial charge in [-0.3, -0.25) is 19.5 Å². The summed E-state index contributed by atoms with van der Waals surface area (Å²) in [7, 11) is 0. The van der Waals surface area contributed by atoms with Crippen LogP contribution in [-0.4, -0.2) is 21.7 Å². The molecule has 1 aliphatic rings. The first-order chi connectivity index (χ1) is 12.6. The van der Waals surface area contributed by atoms with Crippen molar-refractivity contribution in [1.29, 1.82) is 0 Å². The molecule has 0 fully saturated rings. The molecule has 2 amide bonds. The lowest BCUT2D eigenvalue weighted by atomic mass is 10.1. The van der Waals surface area contributed by atoms with Crippen LogP contribution in [0, 0.1) is 5.82 Å². The minimum absolute atomic E-state index is 0.161. The molecule has 0 aliphatic carbocycles. The van der Waals surface area contributed by atoms with Crippen LogP contribution in [0.4, 0.5) is 4.39 Å². The number of benzene rings is 2. The van der Waals surface area contributed by atoms with E-state index in [9.17, 15) is 14.0 Å². The molecule has 5 nitrogen and oxygen atoms in total. The number of ether oxygens (including phenoxy) is 1. The highest BCUT2D eigenvalue weighted by Crippen LogP contribution is 2.30. The number of nitrogens with zero attached hydrogens (tertiary/aromatic N) is 2. The molecule has 0 N–H and O–H groups in total. The van der Waals surface area contributed by atoms with Crippen LogP contribution in [0.15, 0.2) is 67.0 Å². The van der Waals surface area contributed by atoms with Crippen LogP contribution in [0.25, 0.3) is 0 Å². The fourth-order valence-electron chi connectivity index (χ4n) is 2.79. The second-order valence-electron chi connectivity index (χ2n) is 5.82. The van der Waals surface area contributed by atoms with Gasteiger partial charge >= 0.3 is 0 Å². The highest BCUT2D eigenvalue weighted by molar-refractivity contribution is 6.21. The number of fused-ring (bicyclic) bond motifs is 1. The smallest absolute Gasteiger partial charge is 0.262 e. The van der Waals surface area contributed by atoms with Gasteiger partial charge in [-0.2, -0.15) is 0 Å². The summed E-state index contributed by atoms with van der Waals surface area (Å²) < 4.78 is 18.6. The fraction of sp³-hybridized carbons (Fsp3) is 0.0500. The fourth-order valence-corrected chi connectivity index (χ4v) is 2.79. The number of hydrogen-bond donors (Lipinski definition) is 0. The molecule has 0 saturated carbocycles. The number of rotatable bonds is 4. The summed E-state index contributed by atoms with van der Waals surface area (Å²) in [5.41, 5.74) is 1.40. The lowest BCUT2D eigenvalue weighted by Crippen LogP contribution is -2.29. The van der Waals surface area contributed by atoms with Crippen LogP contribution in [0.1, 0.15) is 26.3 Å². The lowest BCUT2D eigenvalue weighted by molar-refractivity contribution is 0.0642. The van der Waals surface area contributed by atoms with Crippen LogP contribution < -0.4 is 4.74 Å². The maximum absolute atomic E-state index is 13.0. The van der Waals surface area contributed by atoms with E-state index in [0.717, 1.165) is 5.56 Å². The molecule has 0 spiro atoms. The number of imide groups is 1. The Bertz CT molecular complexity index is 988. The zero-order valence-corrected chi connectivity index (χ0v) is 13.6. The molecule has 2 aromatic carbocycles. The largest absolute Gasteiger partial charge is 0.457 e. The van der Waals surface area contributed by atoms with Gasteiger partial charge in [0.05, 0.1) is 17.7 Å². The summed E-state index contributed by atoms with van der Waals surface area (Å²) in [6, 6.07) is 13.8. The van der Waals surface area contributed by atoms with Gasteiger partial charge in [0.1, 0.15) is 17.3 Å². The van der Waals surface area contributed by atoms with Crippen LogP contribution in [0.2, 0.25) is 0 Å². The Kier molecular flexibility index (Phi) is 3.93. The molecule has 26 heavy (non-hydrogen) atoms. The zero-order chi connectivity index (χ0) is 18.1. The van der Waals surface area contributed by atoms with Gasteiger partial charge in [-0.15, -0.1) is 0 Å². The van der Waals surface area contributed by atoms with Crippen molar-refractivity contribution in [2.24, 2.45) is 0 Å². The number of pyridine rings is 1. The van der Waals surface area contributed by atoms with Gasteiger partial charge < -0.3 is 4.74 Å². The Morgan fingerprint density at radius 1 is 0.923 bits per heavy atom. The highest BCUT2D eigenvalue weighted by Gasteiger charge is 2.35. The normalized spacial score (nSPS) is 13.0. The number of halogens is 1. The monoisotopic (exact) mass is 348 g/mol. The lowest BCUT2D eigenvalue weighted by Gasteiger charge is -2.13. The number of carbonyl (C=O) groups excluding carboxylic acids is 2. The van der Waals surface area contributed by atoms with E-state index in [2.05, 4.69) is 4.98 Å². The molecular formula is C20H13FN2O3. The van der Waals surface area contributed by atoms with Gasteiger partial charge in [-0.05, 0) is 54.1 Å². The molecule has 2 heterocycles. The summed E-state index contributed by atoms with van der Waals surface area (Å²) in [6.45, 7) is 0.161. The quantitative estimate of drug-likeness (QED) is 0.673. The second-order valence-corrected chi connectivity index (χ2v) is 5.82. The first kappa shape index (κ1) is 16.0. The molecule has 4 rings (SSSR count). The van der Waals surface area contributed by atoms with Gasteiger partial charge in [0.15, 0.2) is 0 Å². The van der Waals surface area contributed by atoms with Gasteiger partial charge in [-0.1, -0.05) is 6.07 Å². The molecule has 0 unspecified atom stereocenters. The van der Waals surface area contributed by atoms with Crippen molar-refractivity contribution < 1.29 is 18.7 Å². The van der Waals surface area contributed by atoms with Crippen LogP contribution in [-0.2, 0) is 6.54 Å². The standard InChI is InChI=1S/C20H13FN2O3/c21-14-3-5-15(6-4-14)26-16-7-8-17-18(10-16)20(25)23(19(17)24)12-13-2-1-9-22-11-13/h1-11H,12H2. The molecule has 0 atom stereocenters. The number of carbonyl (C=O) groups is 2. The molecule has 0 radical (unpaired) electrons. The Balaban J connectivity index is 1.58. The van der Waals surface area contributed by atoms with Crippen LogP contribution in [0.5, 0.6) is 11.5 Å². The van der Waals surface area contributed by atoms with E-state index in [1.165, 1.54) is 35.2 Å². The Morgan fingerprint density at radius 3 is 2.38 bits per heavy atom. The number of hydrogen-bond acceptors (Lipinski definition) is 4. The van der Waals surface area contributed by atoms with Crippen LogP contribution in [0.3, 0.4) is 0 Å². The highest BCUT2D eigenvalue weighted by atomic mass is 19.1. The van der Waals surface area contributed by atoms with Crippen molar-refractivity contribution in [3.63, 3.8) is 0 Å². The summed E-state index contributed by atoms with van der Waals surface area (Å²) in [4.78, 5) is 30.3. The molecule has 0 saturated heterocycles. The van der Waals surface area contributed by atoms with Crippen molar-refractivity contribution in [1.82, 2.24) is 9.88 Å². The zero-order valence-electron chi connectivity index (χ0n) is 13.6. The number of aromatic nitrogens is 1. The summed E-state index contributed by atoms with van der Waals surface area (Å²) in [6.07, 6.45) is 3.25. The van der Waals surface area contributed by atoms with Crippen LogP contribution >= 0.6 is 0 Å². The molecular weight excluding hydrogens is 335 g/mol. The minimum atomic E-state index is -0.376. The SMILES string of the molecule is O=C1c2ccc(Oc3ccc(F)cc3)cc2C(=O)N1Cc1cccnc1. The van der Waals surface area contributed by atoms with Crippen molar-refractivity contribution in [2.45, 2.75) is 6.54 Å².